The fourth-order valence-electron chi connectivity index (χ4n) is 2.35. The number of nitrogens with zero attached hydrogens (tertiary/aromatic N) is 3. The van der Waals surface area contributed by atoms with Gasteiger partial charge in [-0.1, -0.05) is 0 Å². The van der Waals surface area contributed by atoms with Gasteiger partial charge in [0, 0.05) is 13.1 Å². The van der Waals surface area contributed by atoms with Crippen LogP contribution in [0.2, 0.25) is 0 Å². The van der Waals surface area contributed by atoms with E-state index >= 15 is 0 Å². The number of anilines is 1. The Morgan fingerprint density at radius 3 is 2.81 bits per heavy atom. The first kappa shape index (κ1) is 15.2. The summed E-state index contributed by atoms with van der Waals surface area (Å²) in [5.41, 5.74) is 0.183. The van der Waals surface area contributed by atoms with Gasteiger partial charge in [-0.2, -0.15) is 0 Å². The zero-order valence-electron chi connectivity index (χ0n) is 12.2. The molecule has 7 nitrogen and oxygen atoms in total. The van der Waals surface area contributed by atoms with Crippen LogP contribution in [0.25, 0.3) is 0 Å². The van der Waals surface area contributed by atoms with Gasteiger partial charge in [-0.05, 0) is 31.9 Å². The van der Waals surface area contributed by atoms with E-state index in [0.717, 1.165) is 19.4 Å². The maximum atomic E-state index is 11.6. The lowest BCUT2D eigenvalue weighted by atomic mass is 9.98. The van der Waals surface area contributed by atoms with Gasteiger partial charge in [0.15, 0.2) is 11.5 Å². The molecule has 0 bridgehead atoms. The molecule has 1 unspecified atom stereocenters. The van der Waals surface area contributed by atoms with Crippen LogP contribution in [0, 0.1) is 5.92 Å². The van der Waals surface area contributed by atoms with Crippen molar-refractivity contribution < 1.29 is 19.1 Å². The van der Waals surface area contributed by atoms with Crippen molar-refractivity contribution in [2.45, 2.75) is 19.8 Å². The minimum atomic E-state index is -0.484. The number of hydrogen-bond acceptors (Lipinski definition) is 7. The highest BCUT2D eigenvalue weighted by atomic mass is 16.5. The van der Waals surface area contributed by atoms with Crippen molar-refractivity contribution in [2.75, 3.05) is 31.7 Å². The van der Waals surface area contributed by atoms with Crippen LogP contribution in [0.15, 0.2) is 12.1 Å². The Morgan fingerprint density at radius 1 is 1.38 bits per heavy atom. The molecule has 0 amide bonds. The Kier molecular flexibility index (Phi) is 5.08. The van der Waals surface area contributed by atoms with Crippen LogP contribution in [0.3, 0.4) is 0 Å². The fraction of sp³-hybridized carbons (Fsp3) is 0.571. The predicted octanol–water partition coefficient (Wildman–Crippen LogP) is 1.04. The molecule has 1 atom stereocenters. The smallest absolute Gasteiger partial charge is 0.358 e. The van der Waals surface area contributed by atoms with Crippen molar-refractivity contribution in [2.24, 2.45) is 5.92 Å². The molecule has 21 heavy (non-hydrogen) atoms. The predicted molar refractivity (Wildman–Crippen MR) is 74.9 cm³/mol. The molecule has 1 aromatic heterocycles. The lowest BCUT2D eigenvalue weighted by molar-refractivity contribution is -0.145. The highest BCUT2D eigenvalue weighted by molar-refractivity contribution is 5.87. The van der Waals surface area contributed by atoms with E-state index in [9.17, 15) is 9.59 Å². The van der Waals surface area contributed by atoms with Crippen LogP contribution in [0.1, 0.15) is 30.3 Å². The number of hydrogen-bond donors (Lipinski definition) is 0. The van der Waals surface area contributed by atoms with Crippen molar-refractivity contribution in [3.05, 3.63) is 17.8 Å². The highest BCUT2D eigenvalue weighted by Gasteiger charge is 2.27. The van der Waals surface area contributed by atoms with Gasteiger partial charge in [-0.3, -0.25) is 4.79 Å². The average Bonchev–Trinajstić information content (AvgIpc) is 2.54. The van der Waals surface area contributed by atoms with Crippen LogP contribution >= 0.6 is 0 Å². The SMILES string of the molecule is CCOC(=O)c1ccc(N2CCCC(C(=O)OC)C2)nn1. The summed E-state index contributed by atoms with van der Waals surface area (Å²) in [5, 5.41) is 7.93. The Balaban J connectivity index is 2.04. The van der Waals surface area contributed by atoms with E-state index in [4.69, 9.17) is 9.47 Å². The van der Waals surface area contributed by atoms with Gasteiger partial charge in [0.25, 0.3) is 0 Å². The van der Waals surface area contributed by atoms with Crippen LogP contribution in [-0.4, -0.2) is 48.9 Å². The van der Waals surface area contributed by atoms with E-state index in [-0.39, 0.29) is 17.6 Å². The molecule has 0 N–H and O–H groups in total. The second-order valence-electron chi connectivity index (χ2n) is 4.81. The summed E-state index contributed by atoms with van der Waals surface area (Å²) >= 11 is 0. The standard InChI is InChI=1S/C14H19N3O4/c1-3-21-14(19)11-6-7-12(16-15-11)17-8-4-5-10(9-17)13(18)20-2/h6-7,10H,3-5,8-9H2,1-2H3. The van der Waals surface area contributed by atoms with E-state index in [2.05, 4.69) is 10.2 Å². The maximum absolute atomic E-state index is 11.6. The summed E-state index contributed by atoms with van der Waals surface area (Å²) in [6, 6.07) is 3.31. The number of rotatable bonds is 4. The lowest BCUT2D eigenvalue weighted by Crippen LogP contribution is -2.39. The van der Waals surface area contributed by atoms with Crippen molar-refractivity contribution in [1.29, 1.82) is 0 Å². The summed E-state index contributed by atoms with van der Waals surface area (Å²) in [7, 11) is 1.40. The summed E-state index contributed by atoms with van der Waals surface area (Å²) < 4.78 is 9.65. The van der Waals surface area contributed by atoms with Crippen LogP contribution < -0.4 is 4.90 Å². The molecule has 7 heteroatoms. The molecule has 0 aromatic carbocycles. The first-order valence-electron chi connectivity index (χ1n) is 6.99. The van der Waals surface area contributed by atoms with Crippen molar-refractivity contribution in [1.82, 2.24) is 10.2 Å². The van der Waals surface area contributed by atoms with E-state index in [1.54, 1.807) is 19.1 Å². The molecule has 0 spiro atoms. The van der Waals surface area contributed by atoms with Crippen LogP contribution in [0.4, 0.5) is 5.82 Å². The molecule has 1 aliphatic rings. The van der Waals surface area contributed by atoms with Gasteiger partial charge in [-0.25, -0.2) is 4.79 Å². The van der Waals surface area contributed by atoms with Gasteiger partial charge in [0.1, 0.15) is 0 Å². The molecule has 0 aliphatic carbocycles. The molecule has 1 aromatic rings. The molecular weight excluding hydrogens is 274 g/mol. The third-order valence-corrected chi connectivity index (χ3v) is 3.41. The number of esters is 2. The molecule has 1 fully saturated rings. The second-order valence-corrected chi connectivity index (χ2v) is 4.81. The van der Waals surface area contributed by atoms with Crippen LogP contribution in [0.5, 0.6) is 0 Å². The van der Waals surface area contributed by atoms with E-state index in [1.807, 2.05) is 4.90 Å². The Morgan fingerprint density at radius 2 is 2.19 bits per heavy atom. The number of carbonyl (C=O) groups excluding carboxylic acids is 2. The topological polar surface area (TPSA) is 81.6 Å². The van der Waals surface area contributed by atoms with Gasteiger partial charge >= 0.3 is 11.9 Å². The van der Waals surface area contributed by atoms with E-state index < -0.39 is 5.97 Å². The molecule has 114 valence electrons. The molecule has 0 saturated carbocycles. The first-order valence-corrected chi connectivity index (χ1v) is 6.99. The Bertz CT molecular complexity index is 503. The van der Waals surface area contributed by atoms with E-state index in [1.165, 1.54) is 7.11 Å². The van der Waals surface area contributed by atoms with Crippen molar-refractivity contribution in [3.8, 4) is 0 Å². The summed E-state index contributed by atoms with van der Waals surface area (Å²) in [6.07, 6.45) is 1.71. The number of ether oxygens (including phenoxy) is 2. The zero-order valence-corrected chi connectivity index (χ0v) is 12.2. The number of aromatic nitrogens is 2. The number of methoxy groups -OCH3 is 1. The maximum Gasteiger partial charge on any atom is 0.358 e. The lowest BCUT2D eigenvalue weighted by Gasteiger charge is -2.31. The summed E-state index contributed by atoms with van der Waals surface area (Å²) in [4.78, 5) is 25.1. The fourth-order valence-corrected chi connectivity index (χ4v) is 2.35. The third kappa shape index (κ3) is 3.68. The average molecular weight is 293 g/mol. The normalized spacial score (nSPS) is 18.2. The molecule has 1 aliphatic heterocycles. The highest BCUT2D eigenvalue weighted by Crippen LogP contribution is 2.22. The van der Waals surface area contributed by atoms with Crippen LogP contribution in [-0.2, 0) is 14.3 Å². The summed E-state index contributed by atoms with van der Waals surface area (Å²) in [5.74, 6) is -0.176. The minimum Gasteiger partial charge on any atom is -0.469 e. The monoisotopic (exact) mass is 293 g/mol. The van der Waals surface area contributed by atoms with Gasteiger partial charge in [0.2, 0.25) is 0 Å². The molecular formula is C14H19N3O4. The molecule has 2 heterocycles. The largest absolute Gasteiger partial charge is 0.469 e. The number of piperidine rings is 1. The molecule has 0 radical (unpaired) electrons. The molecule has 1 saturated heterocycles. The van der Waals surface area contributed by atoms with E-state index in [0.29, 0.717) is 19.0 Å². The van der Waals surface area contributed by atoms with Crippen molar-refractivity contribution in [3.63, 3.8) is 0 Å². The molecule has 2 rings (SSSR count). The Hall–Kier alpha value is -2.18. The third-order valence-electron chi connectivity index (χ3n) is 3.41. The van der Waals surface area contributed by atoms with Crippen molar-refractivity contribution >= 4 is 17.8 Å². The minimum absolute atomic E-state index is 0.143. The number of carbonyl (C=O) groups is 2. The first-order chi connectivity index (χ1) is 10.2. The summed E-state index contributed by atoms with van der Waals surface area (Å²) in [6.45, 7) is 3.40. The van der Waals surface area contributed by atoms with Gasteiger partial charge in [0.05, 0.1) is 19.6 Å². The second kappa shape index (κ2) is 7.01. The quantitative estimate of drug-likeness (QED) is 0.767. The van der Waals surface area contributed by atoms with Gasteiger partial charge in [-0.15, -0.1) is 10.2 Å². The van der Waals surface area contributed by atoms with Gasteiger partial charge < -0.3 is 14.4 Å². The zero-order chi connectivity index (χ0) is 15.2. The Labute approximate surface area is 123 Å².